The lowest BCUT2D eigenvalue weighted by atomic mass is 10.1. The summed E-state index contributed by atoms with van der Waals surface area (Å²) < 4.78 is 28.0. The summed E-state index contributed by atoms with van der Waals surface area (Å²) in [5, 5.41) is 4.17. The van der Waals surface area contributed by atoms with Gasteiger partial charge in [-0.3, -0.25) is 4.68 Å². The fraction of sp³-hybridized carbons (Fsp3) is 0.250. The van der Waals surface area contributed by atoms with Gasteiger partial charge in [0.15, 0.2) is 0 Å². The standard InChI is InChI=1S/C12H13F2N3/c1-3-8-11(16-17(2)12(8)15)9-5-4-7(13)6-10(9)14/h4-6H,3,15H2,1-2H3. The van der Waals surface area contributed by atoms with Crippen LogP contribution in [0.15, 0.2) is 18.2 Å². The summed E-state index contributed by atoms with van der Waals surface area (Å²) in [6.07, 6.45) is 0.645. The van der Waals surface area contributed by atoms with E-state index in [0.29, 0.717) is 17.9 Å². The molecule has 0 bridgehead atoms. The topological polar surface area (TPSA) is 43.8 Å². The van der Waals surface area contributed by atoms with Gasteiger partial charge in [-0.25, -0.2) is 8.78 Å². The van der Waals surface area contributed by atoms with Crippen molar-refractivity contribution in [1.82, 2.24) is 9.78 Å². The van der Waals surface area contributed by atoms with E-state index in [1.54, 1.807) is 7.05 Å². The summed E-state index contributed by atoms with van der Waals surface area (Å²) in [5.41, 5.74) is 7.36. The van der Waals surface area contributed by atoms with E-state index in [1.165, 1.54) is 16.8 Å². The van der Waals surface area contributed by atoms with Gasteiger partial charge >= 0.3 is 0 Å². The highest BCUT2D eigenvalue weighted by atomic mass is 19.1. The average molecular weight is 237 g/mol. The van der Waals surface area contributed by atoms with Crippen molar-refractivity contribution in [3.8, 4) is 11.3 Å². The van der Waals surface area contributed by atoms with E-state index in [4.69, 9.17) is 5.73 Å². The van der Waals surface area contributed by atoms with Crippen LogP contribution in [0.2, 0.25) is 0 Å². The maximum Gasteiger partial charge on any atom is 0.135 e. The van der Waals surface area contributed by atoms with Crippen LogP contribution in [-0.4, -0.2) is 9.78 Å². The molecular weight excluding hydrogens is 224 g/mol. The van der Waals surface area contributed by atoms with Gasteiger partial charge in [-0.05, 0) is 18.6 Å². The van der Waals surface area contributed by atoms with Gasteiger partial charge in [0.05, 0.1) is 0 Å². The Bertz CT molecular complexity index is 561. The summed E-state index contributed by atoms with van der Waals surface area (Å²) in [7, 11) is 1.69. The Kier molecular flexibility index (Phi) is 2.83. The number of nitrogen functional groups attached to an aromatic ring is 1. The van der Waals surface area contributed by atoms with Crippen molar-refractivity contribution in [3.05, 3.63) is 35.4 Å². The Morgan fingerprint density at radius 1 is 1.35 bits per heavy atom. The molecular formula is C12H13F2N3. The van der Waals surface area contributed by atoms with Gasteiger partial charge in [-0.1, -0.05) is 6.92 Å². The Morgan fingerprint density at radius 2 is 2.06 bits per heavy atom. The van der Waals surface area contributed by atoms with E-state index in [0.717, 1.165) is 11.6 Å². The van der Waals surface area contributed by atoms with Crippen LogP contribution in [0.3, 0.4) is 0 Å². The summed E-state index contributed by atoms with van der Waals surface area (Å²) in [5.74, 6) is -0.725. The SMILES string of the molecule is CCc1c(-c2ccc(F)cc2F)nn(C)c1N. The molecule has 3 nitrogen and oxygen atoms in total. The molecule has 0 saturated heterocycles. The minimum absolute atomic E-state index is 0.274. The molecule has 17 heavy (non-hydrogen) atoms. The molecule has 0 spiro atoms. The first-order chi connectivity index (χ1) is 8.04. The van der Waals surface area contributed by atoms with Gasteiger partial charge in [0.2, 0.25) is 0 Å². The first-order valence-electron chi connectivity index (χ1n) is 5.31. The van der Waals surface area contributed by atoms with Crippen molar-refractivity contribution in [2.75, 3.05) is 5.73 Å². The first kappa shape index (κ1) is 11.6. The zero-order valence-corrected chi connectivity index (χ0v) is 9.67. The Labute approximate surface area is 97.9 Å². The van der Waals surface area contributed by atoms with E-state index in [9.17, 15) is 8.78 Å². The largest absolute Gasteiger partial charge is 0.384 e. The third kappa shape index (κ3) is 1.88. The van der Waals surface area contributed by atoms with Gasteiger partial charge in [0.25, 0.3) is 0 Å². The van der Waals surface area contributed by atoms with Gasteiger partial charge < -0.3 is 5.73 Å². The molecule has 1 aromatic heterocycles. The minimum atomic E-state index is -0.627. The second-order valence-corrected chi connectivity index (χ2v) is 3.81. The van der Waals surface area contributed by atoms with E-state index >= 15 is 0 Å². The molecule has 1 aromatic carbocycles. The van der Waals surface area contributed by atoms with Crippen LogP contribution in [0, 0.1) is 11.6 Å². The molecule has 0 atom stereocenters. The number of rotatable bonds is 2. The summed E-state index contributed by atoms with van der Waals surface area (Å²) in [4.78, 5) is 0. The number of nitrogens with zero attached hydrogens (tertiary/aromatic N) is 2. The fourth-order valence-corrected chi connectivity index (χ4v) is 1.83. The first-order valence-corrected chi connectivity index (χ1v) is 5.31. The van der Waals surface area contributed by atoms with E-state index in [-0.39, 0.29) is 5.56 Å². The van der Waals surface area contributed by atoms with Gasteiger partial charge in [0.1, 0.15) is 23.1 Å². The van der Waals surface area contributed by atoms with Crippen molar-refractivity contribution in [2.24, 2.45) is 7.05 Å². The predicted molar refractivity (Wildman–Crippen MR) is 62.4 cm³/mol. The Balaban J connectivity index is 2.64. The molecule has 2 N–H and O–H groups in total. The second-order valence-electron chi connectivity index (χ2n) is 3.81. The van der Waals surface area contributed by atoms with Crippen LogP contribution < -0.4 is 5.73 Å². The molecule has 0 aliphatic heterocycles. The van der Waals surface area contributed by atoms with E-state index in [1.807, 2.05) is 6.92 Å². The van der Waals surface area contributed by atoms with Crippen molar-refractivity contribution < 1.29 is 8.78 Å². The van der Waals surface area contributed by atoms with E-state index < -0.39 is 11.6 Å². The highest BCUT2D eigenvalue weighted by Gasteiger charge is 2.17. The van der Waals surface area contributed by atoms with Gasteiger partial charge in [0, 0.05) is 24.2 Å². The van der Waals surface area contributed by atoms with Gasteiger partial charge in [-0.2, -0.15) is 5.10 Å². The normalized spacial score (nSPS) is 10.8. The predicted octanol–water partition coefficient (Wildman–Crippen LogP) is 2.51. The van der Waals surface area contributed by atoms with E-state index in [2.05, 4.69) is 5.10 Å². The zero-order valence-electron chi connectivity index (χ0n) is 9.67. The molecule has 0 aliphatic rings. The average Bonchev–Trinajstić information content (AvgIpc) is 2.55. The fourth-order valence-electron chi connectivity index (χ4n) is 1.83. The molecule has 0 saturated carbocycles. The zero-order chi connectivity index (χ0) is 12.6. The molecule has 1 heterocycles. The number of aryl methyl sites for hydroxylation is 1. The molecule has 2 aromatic rings. The number of aromatic nitrogens is 2. The number of halogens is 2. The van der Waals surface area contributed by atoms with Gasteiger partial charge in [-0.15, -0.1) is 0 Å². The third-order valence-corrected chi connectivity index (χ3v) is 2.73. The van der Waals surface area contributed by atoms with Crippen LogP contribution >= 0.6 is 0 Å². The number of nitrogens with two attached hydrogens (primary N) is 1. The van der Waals surface area contributed by atoms with Crippen LogP contribution in [-0.2, 0) is 13.5 Å². The van der Waals surface area contributed by atoms with Crippen molar-refractivity contribution in [3.63, 3.8) is 0 Å². The maximum absolute atomic E-state index is 13.7. The number of benzene rings is 1. The Morgan fingerprint density at radius 3 is 2.65 bits per heavy atom. The molecule has 0 fully saturated rings. The number of hydrogen-bond acceptors (Lipinski definition) is 2. The smallest absolute Gasteiger partial charge is 0.135 e. The third-order valence-electron chi connectivity index (χ3n) is 2.73. The molecule has 0 aliphatic carbocycles. The molecule has 0 amide bonds. The summed E-state index contributed by atoms with van der Waals surface area (Å²) >= 11 is 0. The maximum atomic E-state index is 13.7. The summed E-state index contributed by atoms with van der Waals surface area (Å²) in [6.45, 7) is 1.91. The van der Waals surface area contributed by atoms with Crippen molar-refractivity contribution >= 4 is 5.82 Å². The van der Waals surface area contributed by atoms with Crippen molar-refractivity contribution in [1.29, 1.82) is 0 Å². The number of hydrogen-bond donors (Lipinski definition) is 1. The lowest BCUT2D eigenvalue weighted by Crippen LogP contribution is -1.98. The second kappa shape index (κ2) is 4.16. The van der Waals surface area contributed by atoms with Crippen molar-refractivity contribution in [2.45, 2.75) is 13.3 Å². The summed E-state index contributed by atoms with van der Waals surface area (Å²) in [6, 6.07) is 3.44. The minimum Gasteiger partial charge on any atom is -0.384 e. The molecule has 5 heteroatoms. The molecule has 0 radical (unpaired) electrons. The van der Waals surface area contributed by atoms with Crippen LogP contribution in [0.5, 0.6) is 0 Å². The van der Waals surface area contributed by atoms with Crippen LogP contribution in [0.4, 0.5) is 14.6 Å². The highest BCUT2D eigenvalue weighted by molar-refractivity contribution is 5.68. The lowest BCUT2D eigenvalue weighted by molar-refractivity contribution is 0.585. The molecule has 2 rings (SSSR count). The molecule has 90 valence electrons. The van der Waals surface area contributed by atoms with Crippen LogP contribution in [0.1, 0.15) is 12.5 Å². The number of anilines is 1. The van der Waals surface area contributed by atoms with Crippen LogP contribution in [0.25, 0.3) is 11.3 Å². The quantitative estimate of drug-likeness (QED) is 0.872. The Hall–Kier alpha value is -1.91. The lowest BCUT2D eigenvalue weighted by Gasteiger charge is -2.02. The highest BCUT2D eigenvalue weighted by Crippen LogP contribution is 2.29. The molecule has 0 unspecified atom stereocenters. The monoisotopic (exact) mass is 237 g/mol.